The molecule has 0 atom stereocenters. The Hall–Kier alpha value is -2.88. The van der Waals surface area contributed by atoms with Gasteiger partial charge in [0.1, 0.15) is 23.0 Å². The highest BCUT2D eigenvalue weighted by molar-refractivity contribution is 5.75. The van der Waals surface area contributed by atoms with Crippen LogP contribution in [-0.2, 0) is 9.47 Å². The van der Waals surface area contributed by atoms with Crippen LogP contribution in [0.3, 0.4) is 0 Å². The maximum absolute atomic E-state index is 12.7. The van der Waals surface area contributed by atoms with Crippen molar-refractivity contribution in [3.63, 3.8) is 0 Å². The van der Waals surface area contributed by atoms with Gasteiger partial charge in [0.05, 0.1) is 0 Å². The van der Waals surface area contributed by atoms with E-state index in [4.69, 9.17) is 9.47 Å². The van der Waals surface area contributed by atoms with Crippen LogP contribution in [0.15, 0.2) is 68.1 Å². The molecule has 0 radical (unpaired) electrons. The summed E-state index contributed by atoms with van der Waals surface area (Å²) in [6, 6.07) is 0. The van der Waals surface area contributed by atoms with E-state index in [0.717, 1.165) is 34.2 Å². The third-order valence-electron chi connectivity index (χ3n) is 6.20. The van der Waals surface area contributed by atoms with Gasteiger partial charge in [-0.25, -0.2) is 0 Å². The van der Waals surface area contributed by atoms with E-state index in [2.05, 4.69) is 83.1 Å². The van der Waals surface area contributed by atoms with E-state index in [9.17, 15) is 9.59 Å². The standard InChI is InChI=1S/C32H42O4/c1-29(2,3)23-15-19(16-24(35-23)30(4,5)6)13-21-22(28(34)27(21)33)14-20-17-25(31(7,8)9)36-26(18-20)32(10,11)12/h13-18H,1-12H3. The molecule has 0 aromatic heterocycles. The number of allylic oxidation sites excluding steroid dienone is 10. The lowest BCUT2D eigenvalue weighted by atomic mass is 9.85. The van der Waals surface area contributed by atoms with Gasteiger partial charge in [-0.3, -0.25) is 9.59 Å². The Morgan fingerprint density at radius 3 is 0.889 bits per heavy atom. The minimum absolute atomic E-state index is 0.202. The molecule has 0 bridgehead atoms. The van der Waals surface area contributed by atoms with E-state index in [1.807, 2.05) is 36.5 Å². The summed E-state index contributed by atoms with van der Waals surface area (Å²) in [6.45, 7) is 25.2. The third-order valence-corrected chi connectivity index (χ3v) is 6.20. The SMILES string of the molecule is CC(C)(C)C1=CC(=Cc2c(C=C3C=C(C(C)(C)C)OC(C(C)(C)C)=C3)c(=O)c2=O)C=C(C(C)(C)C)O1. The highest BCUT2D eigenvalue weighted by Gasteiger charge is 2.31. The fourth-order valence-electron chi connectivity index (χ4n) is 3.74. The second-order valence-electron chi connectivity index (χ2n) is 14.0. The molecule has 0 saturated carbocycles. The minimum atomic E-state index is -0.454. The summed E-state index contributed by atoms with van der Waals surface area (Å²) in [5.74, 6) is 3.33. The van der Waals surface area contributed by atoms with E-state index in [1.165, 1.54) is 0 Å². The van der Waals surface area contributed by atoms with Crippen LogP contribution in [-0.4, -0.2) is 0 Å². The Bertz CT molecular complexity index is 1150. The summed E-state index contributed by atoms with van der Waals surface area (Å²) in [6.07, 6.45) is 11.5. The van der Waals surface area contributed by atoms with E-state index < -0.39 is 10.9 Å². The van der Waals surface area contributed by atoms with Crippen LogP contribution < -0.4 is 10.9 Å². The van der Waals surface area contributed by atoms with E-state index >= 15 is 0 Å². The first kappa shape index (κ1) is 27.7. The molecule has 1 aromatic rings. The maximum atomic E-state index is 12.7. The zero-order valence-corrected chi connectivity index (χ0v) is 24.1. The smallest absolute Gasteiger partial charge is 0.234 e. The van der Waals surface area contributed by atoms with Crippen molar-refractivity contribution in [2.75, 3.05) is 0 Å². The van der Waals surface area contributed by atoms with Gasteiger partial charge in [-0.2, -0.15) is 0 Å². The molecule has 194 valence electrons. The average Bonchev–Trinajstić information content (AvgIpc) is 2.73. The third kappa shape index (κ3) is 5.91. The molecular weight excluding hydrogens is 448 g/mol. The van der Waals surface area contributed by atoms with Crippen LogP contribution in [0, 0.1) is 21.7 Å². The van der Waals surface area contributed by atoms with Crippen molar-refractivity contribution in [3.8, 4) is 0 Å². The van der Waals surface area contributed by atoms with Gasteiger partial charge in [0.2, 0.25) is 10.9 Å². The van der Waals surface area contributed by atoms with Gasteiger partial charge in [0, 0.05) is 32.8 Å². The van der Waals surface area contributed by atoms with Crippen LogP contribution in [0.2, 0.25) is 0 Å². The molecule has 2 aliphatic rings. The average molecular weight is 491 g/mol. The molecule has 0 amide bonds. The second-order valence-corrected chi connectivity index (χ2v) is 14.0. The lowest BCUT2D eigenvalue weighted by Gasteiger charge is -2.33. The van der Waals surface area contributed by atoms with Crippen molar-refractivity contribution in [2.45, 2.75) is 83.1 Å². The molecule has 4 nitrogen and oxygen atoms in total. The number of hydrogen-bond acceptors (Lipinski definition) is 4. The van der Waals surface area contributed by atoms with Crippen molar-refractivity contribution < 1.29 is 9.47 Å². The predicted molar refractivity (Wildman–Crippen MR) is 150 cm³/mol. The molecule has 0 aliphatic carbocycles. The van der Waals surface area contributed by atoms with E-state index in [1.54, 1.807) is 0 Å². The summed E-state index contributed by atoms with van der Waals surface area (Å²) in [5.41, 5.74) is 0.856. The van der Waals surface area contributed by atoms with Crippen molar-refractivity contribution in [2.24, 2.45) is 21.7 Å². The summed E-state index contributed by atoms with van der Waals surface area (Å²) >= 11 is 0. The highest BCUT2D eigenvalue weighted by atomic mass is 16.5. The van der Waals surface area contributed by atoms with Crippen molar-refractivity contribution in [3.05, 3.63) is 90.1 Å². The lowest BCUT2D eigenvalue weighted by Crippen LogP contribution is -2.36. The van der Waals surface area contributed by atoms with Gasteiger partial charge in [0.25, 0.3) is 0 Å². The van der Waals surface area contributed by atoms with Gasteiger partial charge < -0.3 is 9.47 Å². The predicted octanol–water partition coefficient (Wildman–Crippen LogP) is 7.83. The van der Waals surface area contributed by atoms with Crippen LogP contribution in [0.5, 0.6) is 0 Å². The topological polar surface area (TPSA) is 52.6 Å². The molecule has 0 unspecified atom stereocenters. The van der Waals surface area contributed by atoms with E-state index in [0.29, 0.717) is 11.1 Å². The van der Waals surface area contributed by atoms with Crippen molar-refractivity contribution >= 4 is 12.2 Å². The molecule has 0 saturated heterocycles. The summed E-state index contributed by atoms with van der Waals surface area (Å²) in [4.78, 5) is 25.4. The van der Waals surface area contributed by atoms with Gasteiger partial charge in [-0.15, -0.1) is 0 Å². The molecule has 1 aromatic carbocycles. The largest absolute Gasteiger partial charge is 0.465 e. The highest BCUT2D eigenvalue weighted by Crippen LogP contribution is 2.41. The monoisotopic (exact) mass is 490 g/mol. The van der Waals surface area contributed by atoms with Crippen LogP contribution in [0.4, 0.5) is 0 Å². The molecular formula is C32H42O4. The first-order chi connectivity index (χ1) is 16.2. The molecule has 0 spiro atoms. The van der Waals surface area contributed by atoms with Gasteiger partial charge in [0.15, 0.2) is 0 Å². The molecule has 0 fully saturated rings. The van der Waals surface area contributed by atoms with E-state index in [-0.39, 0.29) is 21.7 Å². The Morgan fingerprint density at radius 2 is 0.694 bits per heavy atom. The normalized spacial score (nSPS) is 17.6. The van der Waals surface area contributed by atoms with Gasteiger partial charge >= 0.3 is 0 Å². The fourth-order valence-corrected chi connectivity index (χ4v) is 3.74. The first-order valence-electron chi connectivity index (χ1n) is 12.7. The molecule has 2 heterocycles. The molecule has 4 heteroatoms. The lowest BCUT2D eigenvalue weighted by molar-refractivity contribution is 0.161. The minimum Gasteiger partial charge on any atom is -0.465 e. The quantitative estimate of drug-likeness (QED) is 0.396. The van der Waals surface area contributed by atoms with Gasteiger partial charge in [-0.1, -0.05) is 83.1 Å². The number of ether oxygens (including phenoxy) is 2. The zero-order chi connectivity index (χ0) is 27.4. The fraction of sp³-hybridized carbons (Fsp3) is 0.500. The van der Waals surface area contributed by atoms with Crippen molar-refractivity contribution in [1.29, 1.82) is 0 Å². The summed E-state index contributed by atoms with van der Waals surface area (Å²) in [5, 5.41) is 0. The molecule has 2 aliphatic heterocycles. The molecule has 3 rings (SSSR count). The summed E-state index contributed by atoms with van der Waals surface area (Å²) < 4.78 is 12.5. The maximum Gasteiger partial charge on any atom is 0.234 e. The number of hydrogen-bond donors (Lipinski definition) is 0. The number of rotatable bonds is 2. The Morgan fingerprint density at radius 1 is 0.472 bits per heavy atom. The second kappa shape index (κ2) is 8.90. The van der Waals surface area contributed by atoms with Crippen molar-refractivity contribution in [1.82, 2.24) is 0 Å². The molecule has 0 N–H and O–H groups in total. The van der Waals surface area contributed by atoms with Crippen LogP contribution in [0.25, 0.3) is 12.2 Å². The summed E-state index contributed by atoms with van der Waals surface area (Å²) in [7, 11) is 0. The Balaban J connectivity index is 2.15. The van der Waals surface area contributed by atoms with Gasteiger partial charge in [-0.05, 0) is 47.6 Å². The van der Waals surface area contributed by atoms with Crippen LogP contribution in [0.1, 0.15) is 94.2 Å². The molecule has 36 heavy (non-hydrogen) atoms. The Kier molecular flexibility index (Phi) is 6.85. The Labute approximate surface area is 216 Å². The zero-order valence-electron chi connectivity index (χ0n) is 24.1. The van der Waals surface area contributed by atoms with Crippen LogP contribution >= 0.6 is 0 Å². The first-order valence-corrected chi connectivity index (χ1v) is 12.7.